The standard InChI is InChI=1S/C21H24N2O4/c1-26-17-7-3-15(4-8-17)11-13-22-20(24)19-12-14-23(21(19)25)16-5-9-18(27-2)10-6-16/h3-10,19H,11-14H2,1-2H3,(H,22,24)/t19-/m0/s1. The van der Waals surface area contributed by atoms with Gasteiger partial charge in [0.05, 0.1) is 14.2 Å². The summed E-state index contributed by atoms with van der Waals surface area (Å²) in [7, 11) is 3.23. The van der Waals surface area contributed by atoms with Crippen molar-refractivity contribution in [1.82, 2.24) is 5.32 Å². The van der Waals surface area contributed by atoms with E-state index in [-0.39, 0.29) is 11.8 Å². The van der Waals surface area contributed by atoms with Crippen molar-refractivity contribution in [1.29, 1.82) is 0 Å². The molecule has 1 saturated heterocycles. The first-order chi connectivity index (χ1) is 13.1. The van der Waals surface area contributed by atoms with Crippen molar-refractivity contribution in [2.24, 2.45) is 5.92 Å². The van der Waals surface area contributed by atoms with Gasteiger partial charge in [0.15, 0.2) is 0 Å². The second-order valence-corrected chi connectivity index (χ2v) is 6.42. The molecule has 1 N–H and O–H groups in total. The zero-order valence-corrected chi connectivity index (χ0v) is 15.6. The highest BCUT2D eigenvalue weighted by Crippen LogP contribution is 2.27. The van der Waals surface area contributed by atoms with Crippen molar-refractivity contribution >= 4 is 17.5 Å². The Morgan fingerprint density at radius 3 is 2.22 bits per heavy atom. The van der Waals surface area contributed by atoms with Crippen LogP contribution in [-0.2, 0) is 16.0 Å². The third kappa shape index (κ3) is 4.39. The predicted molar refractivity (Wildman–Crippen MR) is 103 cm³/mol. The van der Waals surface area contributed by atoms with Crippen molar-refractivity contribution in [3.8, 4) is 11.5 Å². The Morgan fingerprint density at radius 2 is 1.63 bits per heavy atom. The molecule has 0 radical (unpaired) electrons. The Balaban J connectivity index is 1.51. The fraction of sp³-hybridized carbons (Fsp3) is 0.333. The number of nitrogens with zero attached hydrogens (tertiary/aromatic N) is 1. The van der Waals surface area contributed by atoms with Crippen molar-refractivity contribution in [2.45, 2.75) is 12.8 Å². The van der Waals surface area contributed by atoms with Crippen LogP contribution in [0.3, 0.4) is 0 Å². The fourth-order valence-electron chi connectivity index (χ4n) is 3.19. The van der Waals surface area contributed by atoms with Crippen LogP contribution in [0, 0.1) is 5.92 Å². The van der Waals surface area contributed by atoms with Gasteiger partial charge in [-0.05, 0) is 54.8 Å². The molecule has 142 valence electrons. The van der Waals surface area contributed by atoms with Gasteiger partial charge in [-0.2, -0.15) is 0 Å². The van der Waals surface area contributed by atoms with Gasteiger partial charge in [0.25, 0.3) is 0 Å². The van der Waals surface area contributed by atoms with Crippen molar-refractivity contribution in [2.75, 3.05) is 32.2 Å². The average molecular weight is 368 g/mol. The molecule has 0 aromatic heterocycles. The van der Waals surface area contributed by atoms with E-state index in [0.29, 0.717) is 25.9 Å². The van der Waals surface area contributed by atoms with Crippen molar-refractivity contribution in [3.63, 3.8) is 0 Å². The molecule has 27 heavy (non-hydrogen) atoms. The number of benzene rings is 2. The molecule has 2 aromatic rings. The van der Waals surface area contributed by atoms with Gasteiger partial charge in [0.2, 0.25) is 11.8 Å². The molecule has 3 rings (SSSR count). The van der Waals surface area contributed by atoms with Gasteiger partial charge >= 0.3 is 0 Å². The molecule has 6 heteroatoms. The smallest absolute Gasteiger partial charge is 0.239 e. The molecule has 1 atom stereocenters. The monoisotopic (exact) mass is 368 g/mol. The average Bonchev–Trinajstić information content (AvgIpc) is 3.10. The lowest BCUT2D eigenvalue weighted by Crippen LogP contribution is -2.37. The minimum absolute atomic E-state index is 0.151. The maximum atomic E-state index is 12.6. The lowest BCUT2D eigenvalue weighted by atomic mass is 10.1. The normalized spacial score (nSPS) is 16.3. The summed E-state index contributed by atoms with van der Waals surface area (Å²) in [6.45, 7) is 1.04. The molecule has 0 saturated carbocycles. The van der Waals surface area contributed by atoms with E-state index in [2.05, 4.69) is 5.32 Å². The highest BCUT2D eigenvalue weighted by atomic mass is 16.5. The van der Waals surface area contributed by atoms with Gasteiger partial charge in [-0.25, -0.2) is 0 Å². The first kappa shape index (κ1) is 18.8. The molecule has 0 bridgehead atoms. The van der Waals surface area contributed by atoms with Gasteiger partial charge in [-0.15, -0.1) is 0 Å². The number of carbonyl (C=O) groups excluding carboxylic acids is 2. The molecule has 2 amide bonds. The number of methoxy groups -OCH3 is 2. The molecule has 2 aromatic carbocycles. The number of anilines is 1. The minimum atomic E-state index is -0.622. The van der Waals surface area contributed by atoms with E-state index in [4.69, 9.17) is 9.47 Å². The van der Waals surface area contributed by atoms with E-state index in [1.54, 1.807) is 19.1 Å². The van der Waals surface area contributed by atoms with Crippen LogP contribution in [0.25, 0.3) is 0 Å². The van der Waals surface area contributed by atoms with Crippen LogP contribution < -0.4 is 19.7 Å². The molecular weight excluding hydrogens is 344 g/mol. The lowest BCUT2D eigenvalue weighted by molar-refractivity contribution is -0.132. The number of carbonyl (C=O) groups is 2. The van der Waals surface area contributed by atoms with E-state index in [0.717, 1.165) is 22.7 Å². The Morgan fingerprint density at radius 1 is 1.04 bits per heavy atom. The number of hydrogen-bond donors (Lipinski definition) is 1. The van der Waals surface area contributed by atoms with E-state index in [1.165, 1.54) is 0 Å². The van der Waals surface area contributed by atoms with Crippen LogP contribution >= 0.6 is 0 Å². The summed E-state index contributed by atoms with van der Waals surface area (Å²) in [5.74, 6) is 0.561. The van der Waals surface area contributed by atoms with E-state index >= 15 is 0 Å². The largest absolute Gasteiger partial charge is 0.497 e. The van der Waals surface area contributed by atoms with Crippen molar-refractivity contribution < 1.29 is 19.1 Å². The SMILES string of the molecule is COc1ccc(CCNC(=O)[C@@H]2CCN(c3ccc(OC)cc3)C2=O)cc1. The zero-order chi connectivity index (χ0) is 19.2. The topological polar surface area (TPSA) is 67.9 Å². The summed E-state index contributed by atoms with van der Waals surface area (Å²) in [5.41, 5.74) is 1.89. The highest BCUT2D eigenvalue weighted by Gasteiger charge is 2.37. The molecule has 0 aliphatic carbocycles. The first-order valence-electron chi connectivity index (χ1n) is 8.98. The molecule has 1 aliphatic rings. The van der Waals surface area contributed by atoms with Crippen LogP contribution in [0.2, 0.25) is 0 Å². The maximum absolute atomic E-state index is 12.6. The van der Waals surface area contributed by atoms with Crippen molar-refractivity contribution in [3.05, 3.63) is 54.1 Å². The second-order valence-electron chi connectivity index (χ2n) is 6.42. The fourth-order valence-corrected chi connectivity index (χ4v) is 3.19. The number of nitrogens with one attached hydrogen (secondary N) is 1. The number of rotatable bonds is 7. The number of hydrogen-bond acceptors (Lipinski definition) is 4. The Kier molecular flexibility index (Phi) is 5.96. The van der Waals surface area contributed by atoms with Crippen LogP contribution in [0.5, 0.6) is 11.5 Å². The van der Waals surface area contributed by atoms with E-state index in [9.17, 15) is 9.59 Å². The second kappa shape index (κ2) is 8.58. The Bertz CT molecular complexity index is 787. The van der Waals surface area contributed by atoms with Gasteiger partial charge in [0.1, 0.15) is 17.4 Å². The molecule has 1 aliphatic heterocycles. The summed E-state index contributed by atoms with van der Waals surface area (Å²) in [6, 6.07) is 15.0. The van der Waals surface area contributed by atoms with Crippen LogP contribution in [-0.4, -0.2) is 39.1 Å². The summed E-state index contributed by atoms with van der Waals surface area (Å²) < 4.78 is 10.3. The quantitative estimate of drug-likeness (QED) is 0.762. The summed E-state index contributed by atoms with van der Waals surface area (Å²) in [5, 5.41) is 2.88. The molecule has 0 unspecified atom stereocenters. The van der Waals surface area contributed by atoms with Gasteiger partial charge in [-0.1, -0.05) is 12.1 Å². The molecule has 1 heterocycles. The third-order valence-corrected chi connectivity index (χ3v) is 4.78. The van der Waals surface area contributed by atoms with Gasteiger partial charge < -0.3 is 19.7 Å². The number of amides is 2. The predicted octanol–water partition coefficient (Wildman–Crippen LogP) is 2.42. The summed E-state index contributed by atoms with van der Waals surface area (Å²) >= 11 is 0. The first-order valence-corrected chi connectivity index (χ1v) is 8.98. The third-order valence-electron chi connectivity index (χ3n) is 4.78. The van der Waals surface area contributed by atoms with E-state index in [1.807, 2.05) is 48.5 Å². The Labute approximate surface area is 159 Å². The summed E-state index contributed by atoms with van der Waals surface area (Å²) in [4.78, 5) is 26.7. The molecule has 0 spiro atoms. The molecular formula is C21H24N2O4. The van der Waals surface area contributed by atoms with E-state index < -0.39 is 5.92 Å². The summed E-state index contributed by atoms with van der Waals surface area (Å²) in [6.07, 6.45) is 1.23. The zero-order valence-electron chi connectivity index (χ0n) is 15.6. The lowest BCUT2D eigenvalue weighted by Gasteiger charge is -2.17. The minimum Gasteiger partial charge on any atom is -0.497 e. The van der Waals surface area contributed by atoms with Crippen LogP contribution in [0.15, 0.2) is 48.5 Å². The van der Waals surface area contributed by atoms with Crippen LogP contribution in [0.1, 0.15) is 12.0 Å². The highest BCUT2D eigenvalue weighted by molar-refractivity contribution is 6.09. The molecule has 1 fully saturated rings. The Hall–Kier alpha value is -3.02. The van der Waals surface area contributed by atoms with Gasteiger partial charge in [-0.3, -0.25) is 9.59 Å². The molecule has 6 nitrogen and oxygen atoms in total. The maximum Gasteiger partial charge on any atom is 0.239 e. The van der Waals surface area contributed by atoms with Crippen LogP contribution in [0.4, 0.5) is 5.69 Å². The number of ether oxygens (including phenoxy) is 2. The van der Waals surface area contributed by atoms with Gasteiger partial charge in [0, 0.05) is 18.8 Å².